The molecule has 0 spiro atoms. The molecule has 6 nitrogen and oxygen atoms in total. The van der Waals surface area contributed by atoms with Crippen molar-refractivity contribution in [1.29, 1.82) is 0 Å². The van der Waals surface area contributed by atoms with Crippen LogP contribution in [0.15, 0.2) is 48.5 Å². The Labute approximate surface area is 175 Å². The highest BCUT2D eigenvalue weighted by Crippen LogP contribution is 2.24. The van der Waals surface area contributed by atoms with Gasteiger partial charge in [-0.05, 0) is 24.6 Å². The first-order valence-corrected chi connectivity index (χ1v) is 11.5. The molecule has 1 aliphatic heterocycles. The van der Waals surface area contributed by atoms with Gasteiger partial charge in [-0.2, -0.15) is 0 Å². The fourth-order valence-corrected chi connectivity index (χ4v) is 4.82. The summed E-state index contributed by atoms with van der Waals surface area (Å²) in [5.74, 6) is -2.62. The number of nitrogens with zero attached hydrogens (tertiary/aromatic N) is 3. The van der Waals surface area contributed by atoms with Gasteiger partial charge in [-0.25, -0.2) is 17.2 Å². The molecule has 0 aliphatic carbocycles. The van der Waals surface area contributed by atoms with Crippen molar-refractivity contribution in [3.05, 3.63) is 65.7 Å². The number of hydrogen-bond donors (Lipinski definition) is 0. The zero-order valence-corrected chi connectivity index (χ0v) is 17.8. The molecule has 0 N–H and O–H groups in total. The zero-order chi connectivity index (χ0) is 21.9. The summed E-state index contributed by atoms with van der Waals surface area (Å²) < 4.78 is 52.5. The molecule has 9 heteroatoms. The number of benzene rings is 2. The Morgan fingerprint density at radius 3 is 2.23 bits per heavy atom. The Bertz CT molecular complexity index is 994. The van der Waals surface area contributed by atoms with E-state index in [1.165, 1.54) is 12.5 Å². The number of amides is 1. The van der Waals surface area contributed by atoms with Gasteiger partial charge in [0.05, 0.1) is 11.9 Å². The number of carbonyl (C=O) groups excluding carboxylic acids is 1. The van der Waals surface area contributed by atoms with Crippen LogP contribution < -0.4 is 4.31 Å². The highest BCUT2D eigenvalue weighted by molar-refractivity contribution is 7.92. The lowest BCUT2D eigenvalue weighted by molar-refractivity contribution is -0.133. The van der Waals surface area contributed by atoms with E-state index in [2.05, 4.69) is 4.90 Å². The van der Waals surface area contributed by atoms with Crippen molar-refractivity contribution in [3.8, 4) is 0 Å². The van der Waals surface area contributed by atoms with Crippen molar-refractivity contribution < 1.29 is 22.0 Å². The maximum atomic E-state index is 13.7. The largest absolute Gasteiger partial charge is 0.338 e. The van der Waals surface area contributed by atoms with Crippen molar-refractivity contribution in [1.82, 2.24) is 9.80 Å². The minimum Gasteiger partial charge on any atom is -0.338 e. The van der Waals surface area contributed by atoms with Gasteiger partial charge in [0.2, 0.25) is 15.9 Å². The molecule has 0 unspecified atom stereocenters. The molecule has 0 bridgehead atoms. The molecule has 0 aromatic heterocycles. The monoisotopic (exact) mass is 437 g/mol. The average molecular weight is 438 g/mol. The molecule has 1 saturated heterocycles. The summed E-state index contributed by atoms with van der Waals surface area (Å²) in [6, 6.07) is 11.7. The number of rotatable bonds is 6. The summed E-state index contributed by atoms with van der Waals surface area (Å²) in [5.41, 5.74) is 1.10. The van der Waals surface area contributed by atoms with E-state index in [-0.39, 0.29) is 11.6 Å². The Morgan fingerprint density at radius 1 is 1.03 bits per heavy atom. The van der Waals surface area contributed by atoms with Crippen molar-refractivity contribution in [2.24, 2.45) is 0 Å². The van der Waals surface area contributed by atoms with E-state index < -0.39 is 27.7 Å². The fourth-order valence-electron chi connectivity index (χ4n) is 3.66. The summed E-state index contributed by atoms with van der Waals surface area (Å²) in [6.07, 6.45) is 0.940. The van der Waals surface area contributed by atoms with Crippen LogP contribution >= 0.6 is 0 Å². The first kappa shape index (κ1) is 22.2. The number of carbonyl (C=O) groups is 1. The highest BCUT2D eigenvalue weighted by Gasteiger charge is 2.33. The highest BCUT2D eigenvalue weighted by atomic mass is 32.2. The number of sulfonamides is 1. The summed E-state index contributed by atoms with van der Waals surface area (Å²) in [5, 5.41) is 0. The second-order valence-electron chi connectivity index (χ2n) is 7.42. The molecule has 0 saturated carbocycles. The van der Waals surface area contributed by atoms with Gasteiger partial charge in [0.1, 0.15) is 6.04 Å². The maximum Gasteiger partial charge on any atom is 0.246 e. The minimum absolute atomic E-state index is 0.0834. The van der Waals surface area contributed by atoms with Crippen LogP contribution in [0.2, 0.25) is 0 Å². The van der Waals surface area contributed by atoms with Gasteiger partial charge in [-0.3, -0.25) is 14.0 Å². The van der Waals surface area contributed by atoms with Crippen LogP contribution in [0.5, 0.6) is 0 Å². The first-order valence-electron chi connectivity index (χ1n) is 9.66. The molecule has 30 heavy (non-hydrogen) atoms. The van der Waals surface area contributed by atoms with Crippen LogP contribution in [-0.4, -0.2) is 62.6 Å². The third-order valence-corrected chi connectivity index (χ3v) is 6.40. The molecular weight excluding hydrogens is 412 g/mol. The smallest absolute Gasteiger partial charge is 0.246 e. The van der Waals surface area contributed by atoms with E-state index in [9.17, 15) is 22.0 Å². The summed E-state index contributed by atoms with van der Waals surface area (Å²) in [6.45, 7) is 4.50. The number of hydrogen-bond acceptors (Lipinski definition) is 4. The lowest BCUT2D eigenvalue weighted by Crippen LogP contribution is -2.55. The van der Waals surface area contributed by atoms with E-state index in [1.54, 1.807) is 4.90 Å². The number of anilines is 1. The Morgan fingerprint density at radius 2 is 1.67 bits per heavy atom. The van der Waals surface area contributed by atoms with Gasteiger partial charge in [0, 0.05) is 38.8 Å². The van der Waals surface area contributed by atoms with Gasteiger partial charge >= 0.3 is 0 Å². The van der Waals surface area contributed by atoms with Gasteiger partial charge in [0.25, 0.3) is 0 Å². The molecule has 1 fully saturated rings. The summed E-state index contributed by atoms with van der Waals surface area (Å²) in [4.78, 5) is 16.9. The van der Waals surface area contributed by atoms with Crippen LogP contribution in [0, 0.1) is 11.6 Å². The van der Waals surface area contributed by atoms with Crippen molar-refractivity contribution in [3.63, 3.8) is 0 Å². The van der Waals surface area contributed by atoms with Crippen molar-refractivity contribution in [2.45, 2.75) is 19.5 Å². The summed E-state index contributed by atoms with van der Waals surface area (Å²) >= 11 is 0. The predicted octanol–water partition coefficient (Wildman–Crippen LogP) is 2.46. The quantitative estimate of drug-likeness (QED) is 0.697. The van der Waals surface area contributed by atoms with Gasteiger partial charge in [-0.1, -0.05) is 30.3 Å². The standard InChI is InChI=1S/C21H25F2N3O3S/c1-16(26(30(2,28)29)18-8-9-19(22)20(23)14-18)21(27)25-12-10-24(11-13-25)15-17-6-4-3-5-7-17/h3-9,14,16H,10-13,15H2,1-2H3/t16-/m0/s1. The van der Waals surface area contributed by atoms with E-state index in [0.29, 0.717) is 26.2 Å². The average Bonchev–Trinajstić information content (AvgIpc) is 2.70. The number of piperazine rings is 1. The third-order valence-electron chi connectivity index (χ3n) is 5.16. The second-order valence-corrected chi connectivity index (χ2v) is 9.28. The Kier molecular flexibility index (Phi) is 6.72. The minimum atomic E-state index is -3.90. The molecule has 0 radical (unpaired) electrons. The Balaban J connectivity index is 1.69. The van der Waals surface area contributed by atoms with Gasteiger partial charge < -0.3 is 4.90 Å². The maximum absolute atomic E-state index is 13.7. The Hall–Kier alpha value is -2.52. The molecule has 3 rings (SSSR count). The lowest BCUT2D eigenvalue weighted by atomic mass is 10.2. The topological polar surface area (TPSA) is 60.9 Å². The fraction of sp³-hybridized carbons (Fsp3) is 0.381. The molecule has 1 aliphatic rings. The van der Waals surface area contributed by atoms with Crippen molar-refractivity contribution in [2.75, 3.05) is 36.7 Å². The van der Waals surface area contributed by atoms with E-state index in [4.69, 9.17) is 0 Å². The van der Waals surface area contributed by atoms with E-state index in [1.807, 2.05) is 30.3 Å². The first-order chi connectivity index (χ1) is 14.2. The molecular formula is C21H25F2N3O3S. The molecule has 162 valence electrons. The molecule has 1 amide bonds. The molecule has 1 heterocycles. The van der Waals surface area contributed by atoms with E-state index in [0.717, 1.165) is 35.3 Å². The van der Waals surface area contributed by atoms with Crippen LogP contribution in [0.4, 0.5) is 14.5 Å². The zero-order valence-electron chi connectivity index (χ0n) is 17.0. The van der Waals surface area contributed by atoms with Crippen molar-refractivity contribution >= 4 is 21.6 Å². The summed E-state index contributed by atoms with van der Waals surface area (Å²) in [7, 11) is -3.90. The van der Waals surface area contributed by atoms with Crippen LogP contribution in [0.25, 0.3) is 0 Å². The SMILES string of the molecule is C[C@@H](C(=O)N1CCN(Cc2ccccc2)CC1)N(c1ccc(F)c(F)c1)S(C)(=O)=O. The molecule has 1 atom stereocenters. The number of halogens is 2. The second kappa shape index (κ2) is 9.09. The van der Waals surface area contributed by atoms with Crippen LogP contribution in [-0.2, 0) is 21.4 Å². The third kappa shape index (κ3) is 5.14. The van der Waals surface area contributed by atoms with Crippen LogP contribution in [0.1, 0.15) is 12.5 Å². The lowest BCUT2D eigenvalue weighted by Gasteiger charge is -2.38. The molecule has 2 aromatic carbocycles. The van der Waals surface area contributed by atoms with Crippen LogP contribution in [0.3, 0.4) is 0 Å². The van der Waals surface area contributed by atoms with Gasteiger partial charge in [-0.15, -0.1) is 0 Å². The molecule has 2 aromatic rings. The normalized spacial score (nSPS) is 16.3. The van der Waals surface area contributed by atoms with E-state index >= 15 is 0 Å². The predicted molar refractivity (Wildman–Crippen MR) is 111 cm³/mol. The van der Waals surface area contributed by atoms with Gasteiger partial charge in [0.15, 0.2) is 11.6 Å².